The Morgan fingerprint density at radius 1 is 1.10 bits per heavy atom. The molecule has 9 heteroatoms. The number of carbonyl (C=O) groups is 1. The highest BCUT2D eigenvalue weighted by atomic mass is 35.5. The van der Waals surface area contributed by atoms with Gasteiger partial charge in [0, 0.05) is 28.3 Å². The van der Waals surface area contributed by atoms with E-state index in [1.165, 1.54) is 21.4 Å². The molecule has 1 unspecified atom stereocenters. The molecule has 0 aromatic heterocycles. The highest BCUT2D eigenvalue weighted by molar-refractivity contribution is 7.98. The van der Waals surface area contributed by atoms with Gasteiger partial charge >= 0.3 is 6.18 Å². The quantitative estimate of drug-likeness (QED) is 0.293. The minimum atomic E-state index is -4.61. The lowest BCUT2D eigenvalue weighted by Crippen LogP contribution is -2.39. The van der Waals surface area contributed by atoms with Crippen LogP contribution >= 0.6 is 23.4 Å². The fraction of sp³-hybridized carbons (Fsp3) is 0.273. The van der Waals surface area contributed by atoms with Crippen LogP contribution in [0, 0.1) is 32.1 Å². The number of halogens is 4. The average Bonchev–Trinajstić information content (AvgIpc) is 2.93. The van der Waals surface area contributed by atoms with Crippen LogP contribution in [0.25, 0.3) is 0 Å². The minimum absolute atomic E-state index is 0.00586. The van der Waals surface area contributed by atoms with Crippen molar-refractivity contribution in [2.45, 2.75) is 62.8 Å². The Labute approximate surface area is 252 Å². The number of aryl methyl sites for hydroxylation is 2. The molecule has 1 atom stereocenters. The first-order chi connectivity index (χ1) is 19.9. The van der Waals surface area contributed by atoms with E-state index in [1.807, 2.05) is 32.0 Å². The number of benzene rings is 3. The number of carbonyl (C=O) groups excluding carboxylic acids is 1. The average molecular weight is 608 g/mol. The molecule has 216 valence electrons. The molecule has 0 spiro atoms. The summed E-state index contributed by atoms with van der Waals surface area (Å²) in [5, 5.41) is 10.5. The molecule has 1 aliphatic heterocycles. The number of nitrogens with two attached hydrogens (primary N) is 1. The molecule has 2 N–H and O–H groups in total. The molecule has 0 amide bonds. The molecule has 42 heavy (non-hydrogen) atoms. The van der Waals surface area contributed by atoms with Crippen LogP contribution in [0.2, 0.25) is 5.02 Å². The van der Waals surface area contributed by atoms with Crippen LogP contribution in [-0.2, 0) is 16.7 Å². The highest BCUT2D eigenvalue weighted by Gasteiger charge is 2.42. The second-order valence-electron chi connectivity index (χ2n) is 10.7. The first kappa shape index (κ1) is 29.8. The summed E-state index contributed by atoms with van der Waals surface area (Å²) in [6, 6.07) is 17.4. The van der Waals surface area contributed by atoms with E-state index in [4.69, 9.17) is 17.3 Å². The SMILES string of the molecule is Cc1cc(CSc2ccccc2C)c(C)c(C2C(C#N)=C(N)N(c3cc(C(F)(F)F)ccc3Cl)C3=C2C(=O)CCC3)c1. The number of anilines is 1. The van der Waals surface area contributed by atoms with Gasteiger partial charge in [-0.2, -0.15) is 18.4 Å². The second kappa shape index (κ2) is 11.5. The zero-order chi connectivity index (χ0) is 30.3. The maximum atomic E-state index is 13.7. The van der Waals surface area contributed by atoms with E-state index < -0.39 is 17.7 Å². The van der Waals surface area contributed by atoms with Gasteiger partial charge in [-0.3, -0.25) is 9.69 Å². The van der Waals surface area contributed by atoms with Crippen LogP contribution in [0.15, 0.2) is 82.2 Å². The van der Waals surface area contributed by atoms with Crippen molar-refractivity contribution >= 4 is 34.8 Å². The van der Waals surface area contributed by atoms with Crippen LogP contribution in [0.5, 0.6) is 0 Å². The molecule has 4 nitrogen and oxygen atoms in total. The van der Waals surface area contributed by atoms with Gasteiger partial charge in [0.1, 0.15) is 5.82 Å². The van der Waals surface area contributed by atoms with E-state index in [-0.39, 0.29) is 34.3 Å². The summed E-state index contributed by atoms with van der Waals surface area (Å²) in [6.45, 7) is 6.02. The van der Waals surface area contributed by atoms with Gasteiger partial charge in [0.05, 0.1) is 33.8 Å². The lowest BCUT2D eigenvalue weighted by Gasteiger charge is -2.40. The number of rotatable bonds is 5. The Kier molecular flexibility index (Phi) is 8.19. The van der Waals surface area contributed by atoms with E-state index in [1.54, 1.807) is 11.8 Å². The standard InChI is InChI=1S/C33H29ClF3N3OS/c1-18-13-21(17-42-29-10-5-4-7-19(29)2)20(3)23(14-18)30-24(16-38)32(39)40(26-8-6-9-28(41)31(26)30)27-15-22(33(35,36)37)11-12-25(27)34/h4-5,7,10-15,30H,6,8-9,17,39H2,1-3H3. The Balaban J connectivity index is 1.67. The van der Waals surface area contributed by atoms with Gasteiger partial charge in [-0.15, -0.1) is 11.8 Å². The van der Waals surface area contributed by atoms with Gasteiger partial charge in [-0.05, 0) is 80.1 Å². The summed E-state index contributed by atoms with van der Waals surface area (Å²) in [5.41, 5.74) is 11.7. The Bertz CT molecular complexity index is 1700. The van der Waals surface area contributed by atoms with Gasteiger partial charge in [0.15, 0.2) is 5.78 Å². The largest absolute Gasteiger partial charge is 0.416 e. The number of nitrogens with zero attached hydrogens (tertiary/aromatic N) is 2. The van der Waals surface area contributed by atoms with E-state index in [9.17, 15) is 23.2 Å². The van der Waals surface area contributed by atoms with Crippen molar-refractivity contribution in [1.29, 1.82) is 5.26 Å². The number of allylic oxidation sites excluding steroid dienone is 3. The number of hydrogen-bond donors (Lipinski definition) is 1. The summed E-state index contributed by atoms with van der Waals surface area (Å²) in [4.78, 5) is 16.2. The summed E-state index contributed by atoms with van der Waals surface area (Å²) in [5.74, 6) is -0.216. The predicted octanol–water partition coefficient (Wildman–Crippen LogP) is 8.88. The summed E-state index contributed by atoms with van der Waals surface area (Å²) < 4.78 is 41.0. The summed E-state index contributed by atoms with van der Waals surface area (Å²) in [7, 11) is 0. The Morgan fingerprint density at radius 3 is 2.52 bits per heavy atom. The lowest BCUT2D eigenvalue weighted by molar-refractivity contribution is -0.137. The van der Waals surface area contributed by atoms with Gasteiger partial charge in [0.2, 0.25) is 0 Å². The predicted molar refractivity (Wildman–Crippen MR) is 161 cm³/mol. The minimum Gasteiger partial charge on any atom is -0.384 e. The fourth-order valence-corrected chi connectivity index (χ4v) is 7.10. The summed E-state index contributed by atoms with van der Waals surface area (Å²) >= 11 is 8.16. The number of alkyl halides is 3. The maximum absolute atomic E-state index is 13.7. The van der Waals surface area contributed by atoms with E-state index in [0.29, 0.717) is 29.9 Å². The second-order valence-corrected chi connectivity index (χ2v) is 12.1. The molecule has 2 aliphatic rings. The number of nitriles is 1. The van der Waals surface area contributed by atoms with Gasteiger partial charge < -0.3 is 5.73 Å². The van der Waals surface area contributed by atoms with Gasteiger partial charge in [-0.25, -0.2) is 0 Å². The molecule has 0 radical (unpaired) electrons. The molecule has 1 aliphatic carbocycles. The fourth-order valence-electron chi connectivity index (χ4n) is 5.82. The number of thioether (sulfide) groups is 1. The molecule has 0 saturated heterocycles. The third kappa shape index (κ3) is 5.44. The van der Waals surface area contributed by atoms with Crippen molar-refractivity contribution in [2.75, 3.05) is 4.90 Å². The number of Topliss-reactive ketones (excluding diaryl/α,β-unsaturated/α-hetero) is 1. The smallest absolute Gasteiger partial charge is 0.384 e. The monoisotopic (exact) mass is 607 g/mol. The molecule has 0 fully saturated rings. The first-order valence-electron chi connectivity index (χ1n) is 13.5. The molecule has 1 heterocycles. The summed E-state index contributed by atoms with van der Waals surface area (Å²) in [6.07, 6.45) is -3.42. The third-order valence-corrected chi connectivity index (χ3v) is 9.46. The zero-order valence-electron chi connectivity index (χ0n) is 23.4. The molecule has 5 rings (SSSR count). The molecule has 3 aromatic carbocycles. The van der Waals surface area contributed by atoms with Crippen LogP contribution < -0.4 is 10.6 Å². The van der Waals surface area contributed by atoms with E-state index in [2.05, 4.69) is 31.2 Å². The highest BCUT2D eigenvalue weighted by Crippen LogP contribution is 2.49. The van der Waals surface area contributed by atoms with Crippen molar-refractivity contribution in [3.8, 4) is 6.07 Å². The lowest BCUT2D eigenvalue weighted by atomic mass is 9.73. The normalized spacial score (nSPS) is 17.4. The van der Waals surface area contributed by atoms with E-state index in [0.717, 1.165) is 34.4 Å². The third-order valence-electron chi connectivity index (χ3n) is 7.92. The maximum Gasteiger partial charge on any atom is 0.416 e. The molecule has 3 aromatic rings. The van der Waals surface area contributed by atoms with Crippen molar-refractivity contribution in [2.24, 2.45) is 5.73 Å². The van der Waals surface area contributed by atoms with E-state index >= 15 is 0 Å². The van der Waals surface area contributed by atoms with Crippen LogP contribution in [-0.4, -0.2) is 5.78 Å². The van der Waals surface area contributed by atoms with Gasteiger partial charge in [0.25, 0.3) is 0 Å². The molecule has 0 saturated carbocycles. The van der Waals surface area contributed by atoms with Gasteiger partial charge in [-0.1, -0.05) is 47.5 Å². The van der Waals surface area contributed by atoms with Crippen LogP contribution in [0.4, 0.5) is 18.9 Å². The zero-order valence-corrected chi connectivity index (χ0v) is 25.0. The van der Waals surface area contributed by atoms with Crippen LogP contribution in [0.1, 0.15) is 58.6 Å². The van der Waals surface area contributed by atoms with Crippen molar-refractivity contribution in [3.05, 3.63) is 116 Å². The Hall–Kier alpha value is -3.67. The topological polar surface area (TPSA) is 70.1 Å². The number of hydrogen-bond acceptors (Lipinski definition) is 5. The Morgan fingerprint density at radius 2 is 1.83 bits per heavy atom. The first-order valence-corrected chi connectivity index (χ1v) is 14.9. The van der Waals surface area contributed by atoms with Crippen molar-refractivity contribution in [1.82, 2.24) is 0 Å². The molecular weight excluding hydrogens is 579 g/mol. The van der Waals surface area contributed by atoms with Crippen LogP contribution in [0.3, 0.4) is 0 Å². The van der Waals surface area contributed by atoms with Crippen molar-refractivity contribution < 1.29 is 18.0 Å². The molecule has 0 bridgehead atoms. The number of ketones is 1. The van der Waals surface area contributed by atoms with Crippen molar-refractivity contribution in [3.63, 3.8) is 0 Å². The molecular formula is C33H29ClF3N3OS.